The highest BCUT2D eigenvalue weighted by Gasteiger charge is 2.19. The second-order valence-corrected chi connectivity index (χ2v) is 5.35. The van der Waals surface area contributed by atoms with Gasteiger partial charge < -0.3 is 10.4 Å². The maximum atomic E-state index is 8.89. The SMILES string of the molecule is OCCNc1ncnc2sc3c(c12)CCCC3. The van der Waals surface area contributed by atoms with E-state index >= 15 is 0 Å². The van der Waals surface area contributed by atoms with Gasteiger partial charge in [-0.1, -0.05) is 0 Å². The Morgan fingerprint density at radius 1 is 1.29 bits per heavy atom. The number of nitrogens with zero attached hydrogens (tertiary/aromatic N) is 2. The molecule has 0 amide bonds. The van der Waals surface area contributed by atoms with Crippen molar-refractivity contribution in [3.8, 4) is 0 Å². The van der Waals surface area contributed by atoms with Gasteiger partial charge in [0.15, 0.2) is 0 Å². The molecule has 3 rings (SSSR count). The van der Waals surface area contributed by atoms with Crippen molar-refractivity contribution in [2.24, 2.45) is 0 Å². The summed E-state index contributed by atoms with van der Waals surface area (Å²) >= 11 is 1.79. The lowest BCUT2D eigenvalue weighted by Crippen LogP contribution is -2.08. The first-order valence-corrected chi connectivity index (χ1v) is 6.82. The van der Waals surface area contributed by atoms with Crippen LogP contribution in [0.2, 0.25) is 0 Å². The number of aliphatic hydroxyl groups is 1. The molecule has 2 heterocycles. The minimum atomic E-state index is 0.123. The van der Waals surface area contributed by atoms with Gasteiger partial charge in [0, 0.05) is 11.4 Å². The van der Waals surface area contributed by atoms with Crippen LogP contribution in [0.5, 0.6) is 0 Å². The van der Waals surface area contributed by atoms with E-state index in [0.717, 1.165) is 17.1 Å². The molecule has 0 radical (unpaired) electrons. The first-order valence-electron chi connectivity index (χ1n) is 6.00. The van der Waals surface area contributed by atoms with Crippen LogP contribution in [0.25, 0.3) is 10.2 Å². The zero-order chi connectivity index (χ0) is 11.7. The van der Waals surface area contributed by atoms with Crippen LogP contribution in [-0.2, 0) is 12.8 Å². The smallest absolute Gasteiger partial charge is 0.138 e. The Kier molecular flexibility index (Phi) is 2.94. The van der Waals surface area contributed by atoms with E-state index in [2.05, 4.69) is 15.3 Å². The van der Waals surface area contributed by atoms with Gasteiger partial charge in [-0.05, 0) is 31.2 Å². The number of hydrogen-bond acceptors (Lipinski definition) is 5. The number of thiophene rings is 1. The Morgan fingerprint density at radius 2 is 2.18 bits per heavy atom. The molecule has 0 saturated carbocycles. The molecule has 1 aliphatic carbocycles. The molecule has 0 unspecified atom stereocenters. The van der Waals surface area contributed by atoms with Gasteiger partial charge in [-0.2, -0.15) is 0 Å². The number of aryl methyl sites for hydroxylation is 2. The fourth-order valence-electron chi connectivity index (χ4n) is 2.40. The topological polar surface area (TPSA) is 58.0 Å². The summed E-state index contributed by atoms with van der Waals surface area (Å²) in [5.41, 5.74) is 1.43. The molecule has 5 heteroatoms. The zero-order valence-electron chi connectivity index (χ0n) is 9.57. The first kappa shape index (κ1) is 10.9. The lowest BCUT2D eigenvalue weighted by atomic mass is 9.97. The number of fused-ring (bicyclic) bond motifs is 3. The third kappa shape index (κ3) is 1.89. The molecule has 0 fully saturated rings. The number of aromatic nitrogens is 2. The van der Waals surface area contributed by atoms with E-state index in [9.17, 15) is 0 Å². The van der Waals surface area contributed by atoms with E-state index < -0.39 is 0 Å². The average Bonchev–Trinajstić information content (AvgIpc) is 2.75. The maximum absolute atomic E-state index is 8.89. The van der Waals surface area contributed by atoms with E-state index in [0.29, 0.717) is 6.54 Å². The van der Waals surface area contributed by atoms with Crippen molar-refractivity contribution in [1.82, 2.24) is 9.97 Å². The van der Waals surface area contributed by atoms with Crippen molar-refractivity contribution in [2.75, 3.05) is 18.5 Å². The molecule has 17 heavy (non-hydrogen) atoms. The van der Waals surface area contributed by atoms with Gasteiger partial charge in [0.05, 0.1) is 12.0 Å². The van der Waals surface area contributed by atoms with Gasteiger partial charge in [0.25, 0.3) is 0 Å². The second-order valence-electron chi connectivity index (χ2n) is 4.26. The van der Waals surface area contributed by atoms with E-state index in [1.165, 1.54) is 35.1 Å². The number of rotatable bonds is 3. The van der Waals surface area contributed by atoms with Crippen LogP contribution in [-0.4, -0.2) is 28.2 Å². The monoisotopic (exact) mass is 249 g/mol. The Balaban J connectivity index is 2.12. The fraction of sp³-hybridized carbons (Fsp3) is 0.500. The van der Waals surface area contributed by atoms with Crippen LogP contribution in [0, 0.1) is 0 Å². The molecule has 4 nitrogen and oxygen atoms in total. The predicted octanol–water partition coefficient (Wildman–Crippen LogP) is 1.97. The van der Waals surface area contributed by atoms with Gasteiger partial charge in [-0.3, -0.25) is 0 Å². The zero-order valence-corrected chi connectivity index (χ0v) is 10.4. The Morgan fingerprint density at radius 3 is 3.06 bits per heavy atom. The molecular weight excluding hydrogens is 234 g/mol. The van der Waals surface area contributed by atoms with Gasteiger partial charge >= 0.3 is 0 Å². The van der Waals surface area contributed by atoms with Crippen molar-refractivity contribution >= 4 is 27.4 Å². The molecule has 1 aliphatic rings. The highest BCUT2D eigenvalue weighted by atomic mass is 32.1. The average molecular weight is 249 g/mol. The molecule has 2 aromatic heterocycles. The predicted molar refractivity (Wildman–Crippen MR) is 69.6 cm³/mol. The second kappa shape index (κ2) is 4.58. The molecule has 0 bridgehead atoms. The Bertz CT molecular complexity index is 538. The maximum Gasteiger partial charge on any atom is 0.138 e. The number of hydrogen-bond donors (Lipinski definition) is 2. The lowest BCUT2D eigenvalue weighted by Gasteiger charge is -2.11. The van der Waals surface area contributed by atoms with Crippen molar-refractivity contribution in [3.63, 3.8) is 0 Å². The summed E-state index contributed by atoms with van der Waals surface area (Å²) < 4.78 is 0. The van der Waals surface area contributed by atoms with Crippen LogP contribution in [0.15, 0.2) is 6.33 Å². The lowest BCUT2D eigenvalue weighted by molar-refractivity contribution is 0.311. The number of anilines is 1. The molecule has 0 aromatic carbocycles. The van der Waals surface area contributed by atoms with Crippen LogP contribution in [0.3, 0.4) is 0 Å². The summed E-state index contributed by atoms with van der Waals surface area (Å²) in [5, 5.41) is 13.2. The van der Waals surface area contributed by atoms with Gasteiger partial charge in [0.1, 0.15) is 17.0 Å². The van der Waals surface area contributed by atoms with Gasteiger partial charge in [-0.25, -0.2) is 9.97 Å². The summed E-state index contributed by atoms with van der Waals surface area (Å²) in [6, 6.07) is 0. The van der Waals surface area contributed by atoms with E-state index in [1.807, 2.05) is 0 Å². The van der Waals surface area contributed by atoms with E-state index in [-0.39, 0.29) is 6.61 Å². The van der Waals surface area contributed by atoms with Crippen LogP contribution in [0.1, 0.15) is 23.3 Å². The van der Waals surface area contributed by atoms with Crippen molar-refractivity contribution < 1.29 is 5.11 Å². The normalized spacial score (nSPS) is 14.9. The highest BCUT2D eigenvalue weighted by molar-refractivity contribution is 7.19. The van der Waals surface area contributed by atoms with E-state index in [4.69, 9.17) is 5.11 Å². The third-order valence-corrected chi connectivity index (χ3v) is 4.36. The molecular formula is C12H15N3OS. The van der Waals surface area contributed by atoms with Gasteiger partial charge in [-0.15, -0.1) is 11.3 Å². The Labute approximate surface area is 104 Å². The summed E-state index contributed by atoms with van der Waals surface area (Å²) in [5.74, 6) is 0.878. The molecule has 0 atom stereocenters. The standard InChI is InChI=1S/C12H15N3OS/c16-6-5-13-11-10-8-3-1-2-4-9(8)17-12(10)15-7-14-11/h7,16H,1-6H2,(H,13,14,15). The number of aliphatic hydroxyl groups excluding tert-OH is 1. The van der Waals surface area contributed by atoms with Gasteiger partial charge in [0.2, 0.25) is 0 Å². The molecule has 0 aliphatic heterocycles. The summed E-state index contributed by atoms with van der Waals surface area (Å²) in [6.07, 6.45) is 6.45. The molecule has 0 saturated heterocycles. The van der Waals surface area contributed by atoms with Crippen molar-refractivity contribution in [2.45, 2.75) is 25.7 Å². The van der Waals surface area contributed by atoms with Crippen LogP contribution >= 0.6 is 11.3 Å². The molecule has 0 spiro atoms. The fourth-order valence-corrected chi connectivity index (χ4v) is 3.63. The van der Waals surface area contributed by atoms with Crippen molar-refractivity contribution in [1.29, 1.82) is 0 Å². The summed E-state index contributed by atoms with van der Waals surface area (Å²) in [4.78, 5) is 11.2. The molecule has 90 valence electrons. The highest BCUT2D eigenvalue weighted by Crippen LogP contribution is 2.37. The van der Waals surface area contributed by atoms with E-state index in [1.54, 1.807) is 17.7 Å². The largest absolute Gasteiger partial charge is 0.395 e. The van der Waals surface area contributed by atoms with Crippen LogP contribution < -0.4 is 5.32 Å². The molecule has 2 N–H and O–H groups in total. The minimum absolute atomic E-state index is 0.123. The Hall–Kier alpha value is -1.20. The summed E-state index contributed by atoms with van der Waals surface area (Å²) in [6.45, 7) is 0.661. The first-order chi connectivity index (χ1) is 8.40. The number of nitrogens with one attached hydrogen (secondary N) is 1. The van der Waals surface area contributed by atoms with Crippen LogP contribution in [0.4, 0.5) is 5.82 Å². The summed E-state index contributed by atoms with van der Waals surface area (Å²) in [7, 11) is 0. The minimum Gasteiger partial charge on any atom is -0.395 e. The van der Waals surface area contributed by atoms with Crippen molar-refractivity contribution in [3.05, 3.63) is 16.8 Å². The third-order valence-electron chi connectivity index (χ3n) is 3.16. The molecule has 2 aromatic rings. The quantitative estimate of drug-likeness (QED) is 0.873.